The van der Waals surface area contributed by atoms with Crippen molar-refractivity contribution >= 4 is 21.7 Å². The van der Waals surface area contributed by atoms with Crippen molar-refractivity contribution in [3.8, 4) is 0 Å². The van der Waals surface area contributed by atoms with Crippen molar-refractivity contribution in [2.45, 2.75) is 11.3 Å². The van der Waals surface area contributed by atoms with Crippen LogP contribution in [0.4, 0.5) is 0 Å². The molecule has 0 N–H and O–H groups in total. The summed E-state index contributed by atoms with van der Waals surface area (Å²) in [6.45, 7) is 0. The van der Waals surface area contributed by atoms with E-state index in [4.69, 9.17) is 0 Å². The van der Waals surface area contributed by atoms with Crippen molar-refractivity contribution in [1.82, 2.24) is 0 Å². The molecule has 1 unspecified atom stereocenters. The summed E-state index contributed by atoms with van der Waals surface area (Å²) >= 11 is 0. The average molecular weight is 279 g/mol. The van der Waals surface area contributed by atoms with Gasteiger partial charge in [-0.3, -0.25) is 0 Å². The second-order valence-electron chi connectivity index (χ2n) is 5.09. The van der Waals surface area contributed by atoms with E-state index in [0.29, 0.717) is 10.9 Å². The third kappa shape index (κ3) is 3.05. The van der Waals surface area contributed by atoms with Gasteiger partial charge in [0.05, 0.1) is 0 Å². The highest BCUT2D eigenvalue weighted by Crippen LogP contribution is 2.20. The Bertz CT molecular complexity index is 688. The van der Waals surface area contributed by atoms with Gasteiger partial charge in [0.15, 0.2) is 4.90 Å². The zero-order valence-electron chi connectivity index (χ0n) is 11.8. The predicted molar refractivity (Wildman–Crippen MR) is 90.5 cm³/mol. The highest BCUT2D eigenvalue weighted by Gasteiger charge is 2.15. The van der Waals surface area contributed by atoms with Crippen LogP contribution in [0.3, 0.4) is 0 Å². The summed E-state index contributed by atoms with van der Waals surface area (Å²) in [5, 5.41) is 2.68. The molecule has 0 heterocycles. The van der Waals surface area contributed by atoms with Gasteiger partial charge < -0.3 is 0 Å². The minimum atomic E-state index is 0.310. The fraction of sp³-hybridized carbons (Fsp3) is 0.158. The topological polar surface area (TPSA) is 0 Å². The molecule has 0 amide bonds. The van der Waals surface area contributed by atoms with E-state index in [1.54, 1.807) is 0 Å². The molecule has 0 fully saturated rings. The summed E-state index contributed by atoms with van der Waals surface area (Å²) in [5.74, 6) is 1.22. The summed E-state index contributed by atoms with van der Waals surface area (Å²) in [4.78, 5) is 1.47. The number of rotatable bonds is 4. The second-order valence-corrected chi connectivity index (χ2v) is 7.24. The van der Waals surface area contributed by atoms with Crippen LogP contribution in [0.5, 0.6) is 0 Å². The molecule has 0 aliphatic heterocycles. The van der Waals surface area contributed by atoms with Gasteiger partial charge in [-0.05, 0) is 28.5 Å². The fourth-order valence-electron chi connectivity index (χ4n) is 2.42. The van der Waals surface area contributed by atoms with Crippen LogP contribution < -0.4 is 0 Å². The summed E-state index contributed by atoms with van der Waals surface area (Å²) in [6, 6.07) is 26.2. The smallest absolute Gasteiger partial charge is 0.0622 e. The number of fused-ring (bicyclic) bond motifs is 1. The standard InChI is InChI=1S/C19H19S/c1-20(14-13-16-7-3-2-4-8-16)19-12-11-17-9-5-6-10-18(17)15-19/h2-12,15H,13-14H2,1H3/q+1. The van der Waals surface area contributed by atoms with Crippen LogP contribution in [0.1, 0.15) is 5.56 Å². The zero-order chi connectivity index (χ0) is 13.8. The molecule has 3 aromatic carbocycles. The quantitative estimate of drug-likeness (QED) is 0.608. The molecule has 0 saturated carbocycles. The second kappa shape index (κ2) is 6.15. The van der Waals surface area contributed by atoms with E-state index in [1.807, 2.05) is 0 Å². The van der Waals surface area contributed by atoms with Gasteiger partial charge in [-0.2, -0.15) is 0 Å². The minimum Gasteiger partial charge on any atom is -0.0622 e. The first-order valence-electron chi connectivity index (χ1n) is 6.98. The molecule has 3 rings (SSSR count). The van der Waals surface area contributed by atoms with Crippen LogP contribution in [0.2, 0.25) is 0 Å². The van der Waals surface area contributed by atoms with Crippen molar-refractivity contribution in [3.05, 3.63) is 78.4 Å². The lowest BCUT2D eigenvalue weighted by molar-refractivity contribution is 1.15. The molecule has 0 bridgehead atoms. The van der Waals surface area contributed by atoms with Gasteiger partial charge in [0.2, 0.25) is 0 Å². The summed E-state index contributed by atoms with van der Waals surface area (Å²) in [7, 11) is 0.310. The molecule has 0 aliphatic carbocycles. The van der Waals surface area contributed by atoms with E-state index in [-0.39, 0.29) is 0 Å². The van der Waals surface area contributed by atoms with E-state index in [9.17, 15) is 0 Å². The van der Waals surface area contributed by atoms with Crippen LogP contribution in [0, 0.1) is 0 Å². The first kappa shape index (κ1) is 13.3. The molecule has 20 heavy (non-hydrogen) atoms. The van der Waals surface area contributed by atoms with Gasteiger partial charge in [-0.25, -0.2) is 0 Å². The average Bonchev–Trinajstić information content (AvgIpc) is 2.53. The fourth-order valence-corrected chi connectivity index (χ4v) is 3.82. The van der Waals surface area contributed by atoms with Crippen molar-refractivity contribution in [2.24, 2.45) is 0 Å². The lowest BCUT2D eigenvalue weighted by Crippen LogP contribution is -2.08. The van der Waals surface area contributed by atoms with Crippen LogP contribution in [-0.4, -0.2) is 12.0 Å². The van der Waals surface area contributed by atoms with E-state index >= 15 is 0 Å². The molecular weight excluding hydrogens is 260 g/mol. The molecule has 0 radical (unpaired) electrons. The van der Waals surface area contributed by atoms with Gasteiger partial charge in [-0.1, -0.05) is 54.6 Å². The van der Waals surface area contributed by atoms with Crippen LogP contribution >= 0.6 is 0 Å². The molecule has 1 heteroatoms. The Balaban J connectivity index is 1.73. The van der Waals surface area contributed by atoms with Gasteiger partial charge >= 0.3 is 0 Å². The Kier molecular flexibility index (Phi) is 4.08. The van der Waals surface area contributed by atoms with Crippen LogP contribution in [-0.2, 0) is 17.3 Å². The first-order chi connectivity index (χ1) is 9.83. The Hall–Kier alpha value is -1.73. The maximum atomic E-state index is 2.35. The third-order valence-electron chi connectivity index (χ3n) is 3.66. The van der Waals surface area contributed by atoms with Gasteiger partial charge in [0.25, 0.3) is 0 Å². The minimum absolute atomic E-state index is 0.310. The molecule has 0 saturated heterocycles. The first-order valence-corrected chi connectivity index (χ1v) is 8.78. The Morgan fingerprint density at radius 2 is 1.45 bits per heavy atom. The molecule has 100 valence electrons. The van der Waals surface area contributed by atoms with Gasteiger partial charge in [0, 0.05) is 23.4 Å². The summed E-state index contributed by atoms with van der Waals surface area (Å²) < 4.78 is 0. The SMILES string of the molecule is C[S+](CCc1ccccc1)c1ccc2ccccc2c1. The Morgan fingerprint density at radius 1 is 0.750 bits per heavy atom. The molecule has 0 spiro atoms. The molecule has 0 aliphatic rings. The van der Waals surface area contributed by atoms with E-state index in [2.05, 4.69) is 79.1 Å². The maximum absolute atomic E-state index is 2.35. The van der Waals surface area contributed by atoms with Crippen molar-refractivity contribution in [1.29, 1.82) is 0 Å². The van der Waals surface area contributed by atoms with Gasteiger partial charge in [-0.15, -0.1) is 0 Å². The third-order valence-corrected chi connectivity index (χ3v) is 5.54. The largest absolute Gasteiger partial charge is 0.155 e. The van der Waals surface area contributed by atoms with Crippen LogP contribution in [0.15, 0.2) is 77.7 Å². The highest BCUT2D eigenvalue weighted by atomic mass is 32.2. The molecule has 0 nitrogen and oxygen atoms in total. The van der Waals surface area contributed by atoms with Crippen molar-refractivity contribution in [3.63, 3.8) is 0 Å². The monoisotopic (exact) mass is 279 g/mol. The number of hydrogen-bond donors (Lipinski definition) is 0. The molecule has 0 aromatic heterocycles. The van der Waals surface area contributed by atoms with Crippen LogP contribution in [0.25, 0.3) is 10.8 Å². The molecular formula is C19H19S+. The summed E-state index contributed by atoms with van der Waals surface area (Å²) in [6.07, 6.45) is 3.51. The van der Waals surface area contributed by atoms with Crippen molar-refractivity contribution < 1.29 is 0 Å². The van der Waals surface area contributed by atoms with Gasteiger partial charge in [0.1, 0.15) is 12.0 Å². The summed E-state index contributed by atoms with van der Waals surface area (Å²) in [5.41, 5.74) is 1.44. The molecule has 1 atom stereocenters. The van der Waals surface area contributed by atoms with E-state index in [0.717, 1.165) is 6.42 Å². The Labute approximate surface area is 123 Å². The molecule has 3 aromatic rings. The van der Waals surface area contributed by atoms with Crippen molar-refractivity contribution in [2.75, 3.05) is 12.0 Å². The van der Waals surface area contributed by atoms with E-state index < -0.39 is 0 Å². The predicted octanol–water partition coefficient (Wildman–Crippen LogP) is 4.69. The normalized spacial score (nSPS) is 12.4. The maximum Gasteiger partial charge on any atom is 0.155 e. The zero-order valence-corrected chi connectivity index (χ0v) is 12.6. The Morgan fingerprint density at radius 3 is 2.25 bits per heavy atom. The highest BCUT2D eigenvalue weighted by molar-refractivity contribution is 7.96. The lowest BCUT2D eigenvalue weighted by atomic mass is 10.1. The lowest BCUT2D eigenvalue weighted by Gasteiger charge is -2.05. The number of hydrogen-bond acceptors (Lipinski definition) is 0. The number of aryl methyl sites for hydroxylation is 1. The number of benzene rings is 3. The van der Waals surface area contributed by atoms with E-state index in [1.165, 1.54) is 27.0 Å².